The normalized spacial score (nSPS) is 26.0. The van der Waals surface area contributed by atoms with Crippen molar-refractivity contribution in [3.05, 3.63) is 0 Å². The SMILES string of the molecule is CCCCCCCCCCCCCCCCS(=O)(=O)CCO[C@@H]1O[C@H](CO)[C@@H](O)[C@H](O)[C@H]1O. The Morgan fingerprint density at radius 1 is 0.697 bits per heavy atom. The van der Waals surface area contributed by atoms with Gasteiger partial charge in [-0.3, -0.25) is 0 Å². The summed E-state index contributed by atoms with van der Waals surface area (Å²) in [7, 11) is -3.28. The maximum absolute atomic E-state index is 12.2. The Morgan fingerprint density at radius 2 is 1.18 bits per heavy atom. The van der Waals surface area contributed by atoms with Gasteiger partial charge in [0.1, 0.15) is 24.4 Å². The van der Waals surface area contributed by atoms with Crippen molar-refractivity contribution in [3.8, 4) is 0 Å². The van der Waals surface area contributed by atoms with Crippen LogP contribution in [0.4, 0.5) is 0 Å². The summed E-state index contributed by atoms with van der Waals surface area (Å²) < 4.78 is 34.9. The molecule has 1 saturated heterocycles. The minimum absolute atomic E-state index is 0.100. The topological polar surface area (TPSA) is 134 Å². The molecule has 0 unspecified atom stereocenters. The number of sulfone groups is 1. The molecule has 5 atom stereocenters. The lowest BCUT2D eigenvalue weighted by molar-refractivity contribution is -0.299. The number of hydrogen-bond donors (Lipinski definition) is 4. The molecule has 0 amide bonds. The monoisotopic (exact) mass is 496 g/mol. The van der Waals surface area contributed by atoms with Gasteiger partial charge in [-0.25, -0.2) is 8.42 Å². The Kier molecular flexibility index (Phi) is 16.8. The molecule has 0 aromatic heterocycles. The van der Waals surface area contributed by atoms with Crippen molar-refractivity contribution in [1.82, 2.24) is 0 Å². The molecule has 0 spiro atoms. The van der Waals surface area contributed by atoms with E-state index >= 15 is 0 Å². The molecule has 33 heavy (non-hydrogen) atoms. The van der Waals surface area contributed by atoms with E-state index in [9.17, 15) is 23.7 Å². The van der Waals surface area contributed by atoms with Gasteiger partial charge in [0.25, 0.3) is 0 Å². The van der Waals surface area contributed by atoms with Crippen LogP contribution in [0, 0.1) is 0 Å². The summed E-state index contributed by atoms with van der Waals surface area (Å²) in [6, 6.07) is 0. The fourth-order valence-corrected chi connectivity index (χ4v) is 5.31. The molecule has 0 aromatic rings. The van der Waals surface area contributed by atoms with Gasteiger partial charge in [0, 0.05) is 0 Å². The number of ether oxygens (including phenoxy) is 2. The molecule has 8 nitrogen and oxygen atoms in total. The van der Waals surface area contributed by atoms with Crippen molar-refractivity contribution in [2.24, 2.45) is 0 Å². The van der Waals surface area contributed by atoms with Gasteiger partial charge in [-0.1, -0.05) is 90.4 Å². The molecular weight excluding hydrogens is 448 g/mol. The van der Waals surface area contributed by atoms with E-state index in [1.54, 1.807) is 0 Å². The van der Waals surface area contributed by atoms with Crippen molar-refractivity contribution in [1.29, 1.82) is 0 Å². The average Bonchev–Trinajstić information content (AvgIpc) is 2.79. The standard InChI is InChI=1S/C24H48O8S/c1-2-3-4-5-6-7-8-9-10-11-12-13-14-15-17-33(29,30)18-16-31-24-23(28)22(27)21(26)20(19-25)32-24/h20-28H,2-19H2,1H3/t20-,21-,22+,23-,24-/m1/s1. The predicted molar refractivity (Wildman–Crippen MR) is 129 cm³/mol. The smallest absolute Gasteiger partial charge is 0.186 e. The largest absolute Gasteiger partial charge is 0.394 e. The first-order valence-electron chi connectivity index (χ1n) is 12.9. The zero-order valence-electron chi connectivity index (χ0n) is 20.4. The lowest BCUT2D eigenvalue weighted by Gasteiger charge is -2.39. The number of rotatable bonds is 20. The highest BCUT2D eigenvalue weighted by Crippen LogP contribution is 2.22. The van der Waals surface area contributed by atoms with Gasteiger partial charge in [0.05, 0.1) is 24.7 Å². The summed E-state index contributed by atoms with van der Waals surface area (Å²) in [6.07, 6.45) is 10.1. The summed E-state index contributed by atoms with van der Waals surface area (Å²) in [5.41, 5.74) is 0. The van der Waals surface area contributed by atoms with Gasteiger partial charge in [0.2, 0.25) is 0 Å². The Bertz CT molecular complexity index is 569. The number of aliphatic hydroxyl groups is 4. The minimum atomic E-state index is -3.28. The van der Waals surface area contributed by atoms with Gasteiger partial charge < -0.3 is 29.9 Å². The first kappa shape index (κ1) is 30.7. The molecule has 0 bridgehead atoms. The van der Waals surface area contributed by atoms with Crippen LogP contribution in [0.25, 0.3) is 0 Å². The molecule has 1 aliphatic rings. The first-order valence-corrected chi connectivity index (χ1v) is 14.8. The number of unbranched alkanes of at least 4 members (excludes halogenated alkanes) is 13. The number of aliphatic hydroxyl groups excluding tert-OH is 4. The minimum Gasteiger partial charge on any atom is -0.394 e. The van der Waals surface area contributed by atoms with Gasteiger partial charge in [-0.2, -0.15) is 0 Å². The maximum atomic E-state index is 12.2. The van der Waals surface area contributed by atoms with Gasteiger partial charge in [-0.05, 0) is 6.42 Å². The summed E-state index contributed by atoms with van der Waals surface area (Å²) >= 11 is 0. The summed E-state index contributed by atoms with van der Waals surface area (Å²) in [4.78, 5) is 0. The zero-order valence-corrected chi connectivity index (χ0v) is 21.3. The van der Waals surface area contributed by atoms with E-state index in [0.717, 1.165) is 19.3 Å². The summed E-state index contributed by atoms with van der Waals surface area (Å²) in [5.74, 6) is -0.108. The highest BCUT2D eigenvalue weighted by atomic mass is 32.2. The van der Waals surface area contributed by atoms with Crippen LogP contribution in [0.1, 0.15) is 96.8 Å². The molecular formula is C24H48O8S. The molecule has 9 heteroatoms. The van der Waals surface area contributed by atoms with Gasteiger partial charge in [-0.15, -0.1) is 0 Å². The van der Waals surface area contributed by atoms with E-state index in [1.807, 2.05) is 0 Å². The van der Waals surface area contributed by atoms with Gasteiger partial charge >= 0.3 is 0 Å². The molecule has 0 radical (unpaired) electrons. The molecule has 0 saturated carbocycles. The molecule has 1 heterocycles. The highest BCUT2D eigenvalue weighted by Gasteiger charge is 2.44. The van der Waals surface area contributed by atoms with Crippen LogP contribution < -0.4 is 0 Å². The lowest BCUT2D eigenvalue weighted by Crippen LogP contribution is -2.59. The summed E-state index contributed by atoms with van der Waals surface area (Å²) in [5, 5.41) is 38.5. The Labute approximate surface area is 200 Å². The fraction of sp³-hybridized carbons (Fsp3) is 1.00. The van der Waals surface area contributed by atoms with Crippen LogP contribution in [0.5, 0.6) is 0 Å². The van der Waals surface area contributed by atoms with Crippen molar-refractivity contribution >= 4 is 9.84 Å². The maximum Gasteiger partial charge on any atom is 0.186 e. The summed E-state index contributed by atoms with van der Waals surface area (Å²) in [6.45, 7) is 1.50. The number of hydrogen-bond acceptors (Lipinski definition) is 8. The third-order valence-electron chi connectivity index (χ3n) is 6.33. The second kappa shape index (κ2) is 18.0. The fourth-order valence-electron chi connectivity index (χ4n) is 4.11. The van der Waals surface area contributed by atoms with Crippen LogP contribution in [0.15, 0.2) is 0 Å². The molecule has 0 aromatic carbocycles. The van der Waals surface area contributed by atoms with Crippen LogP contribution in [0.3, 0.4) is 0 Å². The van der Waals surface area contributed by atoms with Crippen molar-refractivity contribution < 1.29 is 38.3 Å². The second-order valence-electron chi connectivity index (χ2n) is 9.32. The Hall–Kier alpha value is -0.290. The molecule has 4 N–H and O–H groups in total. The Morgan fingerprint density at radius 3 is 1.67 bits per heavy atom. The molecule has 1 aliphatic heterocycles. The molecule has 198 valence electrons. The van der Waals surface area contributed by atoms with E-state index in [2.05, 4.69) is 6.92 Å². The lowest BCUT2D eigenvalue weighted by atomic mass is 9.99. The van der Waals surface area contributed by atoms with E-state index in [4.69, 9.17) is 14.6 Å². The molecule has 0 aliphatic carbocycles. The third kappa shape index (κ3) is 13.4. The highest BCUT2D eigenvalue weighted by molar-refractivity contribution is 7.91. The zero-order chi connectivity index (χ0) is 24.5. The van der Waals surface area contributed by atoms with Crippen LogP contribution >= 0.6 is 0 Å². The van der Waals surface area contributed by atoms with E-state index in [1.165, 1.54) is 64.2 Å². The first-order chi connectivity index (χ1) is 15.8. The van der Waals surface area contributed by atoms with Crippen molar-refractivity contribution in [3.63, 3.8) is 0 Å². The molecule has 1 fully saturated rings. The van der Waals surface area contributed by atoms with Crippen LogP contribution in [-0.2, 0) is 19.3 Å². The van der Waals surface area contributed by atoms with Gasteiger partial charge in [0.15, 0.2) is 16.1 Å². The van der Waals surface area contributed by atoms with Crippen molar-refractivity contribution in [2.45, 2.75) is 128 Å². The van der Waals surface area contributed by atoms with Crippen LogP contribution in [0.2, 0.25) is 0 Å². The molecule has 1 rings (SSSR count). The Balaban J connectivity index is 2.02. The predicted octanol–water partition coefficient (Wildman–Crippen LogP) is 2.70. The van der Waals surface area contributed by atoms with E-state index < -0.39 is 47.2 Å². The van der Waals surface area contributed by atoms with E-state index in [-0.39, 0.29) is 18.1 Å². The van der Waals surface area contributed by atoms with E-state index in [0.29, 0.717) is 6.42 Å². The van der Waals surface area contributed by atoms with Crippen LogP contribution in [-0.4, -0.2) is 84.3 Å². The van der Waals surface area contributed by atoms with Crippen molar-refractivity contribution in [2.75, 3.05) is 24.7 Å². The third-order valence-corrected chi connectivity index (χ3v) is 8.03. The quantitative estimate of drug-likeness (QED) is 0.189. The second-order valence-corrected chi connectivity index (χ2v) is 11.6. The average molecular weight is 497 g/mol.